The van der Waals surface area contributed by atoms with Gasteiger partial charge in [0.15, 0.2) is 0 Å². The van der Waals surface area contributed by atoms with E-state index in [9.17, 15) is 9.18 Å². The molecule has 1 amide bonds. The predicted molar refractivity (Wildman–Crippen MR) is 84.0 cm³/mol. The molecule has 3 nitrogen and oxygen atoms in total. The second-order valence-corrected chi connectivity index (χ2v) is 5.39. The van der Waals surface area contributed by atoms with E-state index in [1.807, 2.05) is 39.0 Å². The van der Waals surface area contributed by atoms with E-state index < -0.39 is 11.7 Å². The number of hydrogen-bond donors (Lipinski definition) is 2. The third-order valence-electron chi connectivity index (χ3n) is 3.40. The predicted octanol–water partition coefficient (Wildman–Crippen LogP) is 4.09. The highest BCUT2D eigenvalue weighted by Crippen LogP contribution is 2.28. The lowest BCUT2D eigenvalue weighted by atomic mass is 9.98. The number of nitrogens with two attached hydrogens (primary N) is 1. The maximum atomic E-state index is 13.8. The van der Waals surface area contributed by atoms with Crippen LogP contribution in [0.2, 0.25) is 0 Å². The monoisotopic (exact) mass is 286 g/mol. The van der Waals surface area contributed by atoms with Crippen LogP contribution >= 0.6 is 0 Å². The zero-order valence-corrected chi connectivity index (χ0v) is 12.4. The number of nitrogens with one attached hydrogen (secondary N) is 1. The van der Waals surface area contributed by atoms with Gasteiger partial charge in [-0.2, -0.15) is 0 Å². The Bertz CT molecular complexity index is 680. The van der Waals surface area contributed by atoms with Gasteiger partial charge in [-0.3, -0.25) is 4.79 Å². The van der Waals surface area contributed by atoms with Crippen LogP contribution in [0.1, 0.15) is 41.3 Å². The molecule has 0 atom stereocenters. The molecule has 0 bridgehead atoms. The van der Waals surface area contributed by atoms with E-state index in [4.69, 9.17) is 5.73 Å². The van der Waals surface area contributed by atoms with Gasteiger partial charge in [0.2, 0.25) is 0 Å². The summed E-state index contributed by atoms with van der Waals surface area (Å²) in [4.78, 5) is 12.3. The zero-order valence-electron chi connectivity index (χ0n) is 12.4. The lowest BCUT2D eigenvalue weighted by molar-refractivity contribution is 0.102. The van der Waals surface area contributed by atoms with Crippen molar-refractivity contribution in [3.8, 4) is 0 Å². The van der Waals surface area contributed by atoms with Crippen LogP contribution in [-0.2, 0) is 0 Å². The molecule has 2 aromatic carbocycles. The van der Waals surface area contributed by atoms with Crippen molar-refractivity contribution in [2.75, 3.05) is 11.1 Å². The molecule has 0 spiro atoms. The number of aryl methyl sites for hydroxylation is 1. The first-order valence-electron chi connectivity index (χ1n) is 6.86. The van der Waals surface area contributed by atoms with E-state index in [2.05, 4.69) is 5.32 Å². The van der Waals surface area contributed by atoms with E-state index in [-0.39, 0.29) is 11.5 Å². The largest absolute Gasteiger partial charge is 0.399 e. The van der Waals surface area contributed by atoms with E-state index >= 15 is 0 Å². The van der Waals surface area contributed by atoms with E-state index in [0.29, 0.717) is 5.69 Å². The van der Waals surface area contributed by atoms with Gasteiger partial charge in [0.05, 0.1) is 5.56 Å². The molecule has 0 heterocycles. The maximum absolute atomic E-state index is 13.8. The number of anilines is 2. The molecular weight excluding hydrogens is 267 g/mol. The van der Waals surface area contributed by atoms with Gasteiger partial charge in [-0.1, -0.05) is 32.0 Å². The number of nitrogen functional groups attached to an aromatic ring is 1. The Morgan fingerprint density at radius 2 is 1.95 bits per heavy atom. The van der Waals surface area contributed by atoms with Crippen LogP contribution in [0.5, 0.6) is 0 Å². The van der Waals surface area contributed by atoms with Crippen LogP contribution in [0.3, 0.4) is 0 Å². The first-order chi connectivity index (χ1) is 9.90. The topological polar surface area (TPSA) is 55.1 Å². The van der Waals surface area contributed by atoms with Crippen LogP contribution in [0.15, 0.2) is 36.4 Å². The molecule has 0 radical (unpaired) electrons. The second kappa shape index (κ2) is 5.95. The van der Waals surface area contributed by atoms with Crippen molar-refractivity contribution in [2.24, 2.45) is 0 Å². The van der Waals surface area contributed by atoms with Gasteiger partial charge >= 0.3 is 0 Å². The summed E-state index contributed by atoms with van der Waals surface area (Å²) in [6.45, 7) is 6.01. The van der Waals surface area contributed by atoms with Crippen LogP contribution in [0.25, 0.3) is 0 Å². The highest BCUT2D eigenvalue weighted by molar-refractivity contribution is 6.05. The number of carbonyl (C=O) groups is 1. The molecule has 0 saturated heterocycles. The number of rotatable bonds is 3. The van der Waals surface area contributed by atoms with E-state index in [1.165, 1.54) is 18.2 Å². The molecule has 0 aliphatic carbocycles. The first-order valence-corrected chi connectivity index (χ1v) is 6.86. The fourth-order valence-corrected chi connectivity index (χ4v) is 2.24. The molecule has 0 aromatic heterocycles. The summed E-state index contributed by atoms with van der Waals surface area (Å²) < 4.78 is 13.8. The van der Waals surface area contributed by atoms with Crippen molar-refractivity contribution in [3.63, 3.8) is 0 Å². The van der Waals surface area contributed by atoms with Crippen molar-refractivity contribution >= 4 is 17.3 Å². The SMILES string of the molecule is Cc1cccc(C(C)C)c1NC(=O)c1cc(N)ccc1F. The normalized spacial score (nSPS) is 10.7. The van der Waals surface area contributed by atoms with E-state index in [0.717, 1.165) is 16.8 Å². The van der Waals surface area contributed by atoms with Gasteiger partial charge in [0, 0.05) is 11.4 Å². The van der Waals surface area contributed by atoms with Crippen LogP contribution in [0, 0.1) is 12.7 Å². The fourth-order valence-electron chi connectivity index (χ4n) is 2.24. The third kappa shape index (κ3) is 3.21. The summed E-state index contributed by atoms with van der Waals surface area (Å²) in [5.41, 5.74) is 8.63. The Balaban J connectivity index is 2.38. The first kappa shape index (κ1) is 15.0. The average molecular weight is 286 g/mol. The molecule has 0 aliphatic heterocycles. The van der Waals surface area contributed by atoms with Crippen molar-refractivity contribution in [1.82, 2.24) is 0 Å². The minimum atomic E-state index is -0.582. The number of para-hydroxylation sites is 1. The summed E-state index contributed by atoms with van der Waals surface area (Å²) in [5.74, 6) is -0.816. The maximum Gasteiger partial charge on any atom is 0.258 e. The number of benzene rings is 2. The van der Waals surface area contributed by atoms with Crippen LogP contribution in [0.4, 0.5) is 15.8 Å². The van der Waals surface area contributed by atoms with Crippen LogP contribution in [-0.4, -0.2) is 5.91 Å². The zero-order chi connectivity index (χ0) is 15.6. The summed E-state index contributed by atoms with van der Waals surface area (Å²) in [6, 6.07) is 9.80. The van der Waals surface area contributed by atoms with Crippen molar-refractivity contribution in [2.45, 2.75) is 26.7 Å². The third-order valence-corrected chi connectivity index (χ3v) is 3.40. The lowest BCUT2D eigenvalue weighted by Crippen LogP contribution is -2.16. The molecular formula is C17H19FN2O. The molecule has 3 N–H and O–H groups in total. The number of carbonyl (C=O) groups excluding carboxylic acids is 1. The van der Waals surface area contributed by atoms with Gasteiger partial charge in [-0.25, -0.2) is 4.39 Å². The Morgan fingerprint density at radius 3 is 2.62 bits per heavy atom. The number of hydrogen-bond acceptors (Lipinski definition) is 2. The standard InChI is InChI=1S/C17H19FN2O/c1-10(2)13-6-4-5-11(3)16(13)20-17(21)14-9-12(19)7-8-15(14)18/h4-10H,19H2,1-3H3,(H,20,21). The summed E-state index contributed by atoms with van der Waals surface area (Å²) >= 11 is 0. The molecule has 2 aromatic rings. The molecule has 21 heavy (non-hydrogen) atoms. The molecule has 0 unspecified atom stereocenters. The Morgan fingerprint density at radius 1 is 1.24 bits per heavy atom. The second-order valence-electron chi connectivity index (χ2n) is 5.39. The number of halogens is 1. The molecule has 2 rings (SSSR count). The van der Waals surface area contributed by atoms with Gasteiger partial charge < -0.3 is 11.1 Å². The molecule has 0 aliphatic rings. The van der Waals surface area contributed by atoms with Crippen molar-refractivity contribution in [3.05, 3.63) is 58.9 Å². The minimum Gasteiger partial charge on any atom is -0.399 e. The minimum absolute atomic E-state index is 0.0482. The summed E-state index contributed by atoms with van der Waals surface area (Å²) in [6.07, 6.45) is 0. The fraction of sp³-hybridized carbons (Fsp3) is 0.235. The number of amides is 1. The van der Waals surface area contributed by atoms with Gasteiger partial charge in [0.1, 0.15) is 5.82 Å². The van der Waals surface area contributed by atoms with E-state index in [1.54, 1.807) is 0 Å². The average Bonchev–Trinajstić information content (AvgIpc) is 2.43. The van der Waals surface area contributed by atoms with Crippen LogP contribution < -0.4 is 11.1 Å². The quantitative estimate of drug-likeness (QED) is 0.835. The highest BCUT2D eigenvalue weighted by Gasteiger charge is 2.16. The lowest BCUT2D eigenvalue weighted by Gasteiger charge is -2.16. The van der Waals surface area contributed by atoms with Gasteiger partial charge in [-0.15, -0.1) is 0 Å². The van der Waals surface area contributed by atoms with Gasteiger partial charge in [-0.05, 0) is 42.2 Å². The molecule has 110 valence electrons. The summed E-state index contributed by atoms with van der Waals surface area (Å²) in [7, 11) is 0. The Kier molecular flexibility index (Phi) is 4.26. The molecule has 0 fully saturated rings. The highest BCUT2D eigenvalue weighted by atomic mass is 19.1. The summed E-state index contributed by atoms with van der Waals surface area (Å²) in [5, 5.41) is 2.81. The Labute approximate surface area is 124 Å². The molecule has 0 saturated carbocycles. The smallest absolute Gasteiger partial charge is 0.258 e. The Hall–Kier alpha value is -2.36. The van der Waals surface area contributed by atoms with Gasteiger partial charge in [0.25, 0.3) is 5.91 Å². The molecule has 4 heteroatoms. The van der Waals surface area contributed by atoms with Crippen molar-refractivity contribution in [1.29, 1.82) is 0 Å². The van der Waals surface area contributed by atoms with Crippen molar-refractivity contribution < 1.29 is 9.18 Å².